The van der Waals surface area contributed by atoms with Gasteiger partial charge in [0, 0.05) is 43.5 Å². The van der Waals surface area contributed by atoms with Crippen LogP contribution in [0.25, 0.3) is 5.65 Å². The third-order valence-electron chi connectivity index (χ3n) is 6.61. The molecule has 13 heteroatoms. The lowest BCUT2D eigenvalue weighted by Gasteiger charge is -2.34. The van der Waals surface area contributed by atoms with Crippen molar-refractivity contribution in [1.29, 1.82) is 0 Å². The number of hydrogen-bond acceptors (Lipinski definition) is 4. The molecule has 0 saturated heterocycles. The van der Waals surface area contributed by atoms with E-state index < -0.39 is 73.4 Å². The molecule has 6 nitrogen and oxygen atoms in total. The number of fused-ring (bicyclic) bond motifs is 1. The summed E-state index contributed by atoms with van der Waals surface area (Å²) in [5.41, 5.74) is 4.80. The molecule has 1 unspecified atom stereocenters. The van der Waals surface area contributed by atoms with Crippen molar-refractivity contribution in [3.8, 4) is 5.75 Å². The number of hydrogen-bond donors (Lipinski definition) is 2. The van der Waals surface area contributed by atoms with Crippen LogP contribution in [0.1, 0.15) is 65.8 Å². The summed E-state index contributed by atoms with van der Waals surface area (Å²) in [4.78, 5) is 17.7. The van der Waals surface area contributed by atoms with Crippen molar-refractivity contribution < 1.29 is 40.3 Å². The number of aromatic nitrogens is 2. The summed E-state index contributed by atoms with van der Waals surface area (Å²) in [5.74, 6) is -6.07. The number of nitrogens with one attached hydrogen (secondary N) is 1. The molecule has 2 aromatic heterocycles. The van der Waals surface area contributed by atoms with E-state index >= 15 is 0 Å². The van der Waals surface area contributed by atoms with E-state index in [9.17, 15) is 35.5 Å². The van der Waals surface area contributed by atoms with Gasteiger partial charge in [0.15, 0.2) is 11.4 Å². The molecule has 1 aromatic carbocycles. The zero-order valence-electron chi connectivity index (χ0n) is 21.1. The molecule has 1 aliphatic rings. The van der Waals surface area contributed by atoms with Crippen LogP contribution in [-0.2, 0) is 6.61 Å². The van der Waals surface area contributed by atoms with Crippen molar-refractivity contribution in [3.05, 3.63) is 64.6 Å². The molecule has 1 atom stereocenters. The van der Waals surface area contributed by atoms with Crippen molar-refractivity contribution in [2.45, 2.75) is 69.7 Å². The fourth-order valence-corrected chi connectivity index (χ4v) is 4.43. The van der Waals surface area contributed by atoms with Crippen molar-refractivity contribution in [2.75, 3.05) is 6.54 Å². The lowest BCUT2D eigenvalue weighted by Crippen LogP contribution is -2.48. The van der Waals surface area contributed by atoms with E-state index in [4.69, 9.17) is 10.5 Å². The zero-order valence-corrected chi connectivity index (χ0v) is 21.1. The predicted molar refractivity (Wildman–Crippen MR) is 128 cm³/mol. The molecule has 0 radical (unpaired) electrons. The lowest BCUT2D eigenvalue weighted by atomic mass is 9.78. The maximum absolute atomic E-state index is 14.1. The fourth-order valence-electron chi connectivity index (χ4n) is 4.43. The number of nitrogens with zero attached hydrogens (tertiary/aromatic N) is 2. The van der Waals surface area contributed by atoms with Crippen molar-refractivity contribution in [2.24, 2.45) is 5.73 Å². The number of alkyl halides is 5. The van der Waals surface area contributed by atoms with Crippen LogP contribution in [0.15, 0.2) is 30.5 Å². The Morgan fingerprint density at radius 3 is 2.44 bits per heavy atom. The highest BCUT2D eigenvalue weighted by molar-refractivity contribution is 5.95. The van der Waals surface area contributed by atoms with Gasteiger partial charge in [-0.15, -0.1) is 0 Å². The minimum absolute atomic E-state index is 0.0536. The standard InChI is InChI=1S/C26H27F7N4O2/c1-14-8-19(39-12-16-17(27)4-3-5-18(16)28)22-36-20(15-9-25(29,30)10-15)21(37(22)11-14)23(38)35-13-24(2,34)6-7-26(31,32)33/h3-5,8,11,15H,6-7,9-10,12-13,34H2,1-2H3,(H,35,38). The van der Waals surface area contributed by atoms with E-state index in [1.807, 2.05) is 0 Å². The summed E-state index contributed by atoms with van der Waals surface area (Å²) in [6, 6.07) is 4.87. The average Bonchev–Trinajstić information content (AvgIpc) is 3.18. The Bertz CT molecular complexity index is 1360. The Morgan fingerprint density at radius 2 is 1.85 bits per heavy atom. The Balaban J connectivity index is 1.66. The molecule has 0 bridgehead atoms. The first-order valence-corrected chi connectivity index (χ1v) is 12.2. The predicted octanol–water partition coefficient (Wildman–Crippen LogP) is 5.80. The molecule has 0 aliphatic heterocycles. The van der Waals surface area contributed by atoms with Crippen LogP contribution in [0.4, 0.5) is 30.7 Å². The van der Waals surface area contributed by atoms with Crippen LogP contribution in [0, 0.1) is 18.6 Å². The lowest BCUT2D eigenvalue weighted by molar-refractivity contribution is -0.137. The minimum Gasteiger partial charge on any atom is -0.485 e. The smallest absolute Gasteiger partial charge is 0.389 e. The van der Waals surface area contributed by atoms with Gasteiger partial charge in [-0.1, -0.05) is 6.07 Å². The number of benzene rings is 1. The van der Waals surface area contributed by atoms with E-state index in [0.717, 1.165) is 12.1 Å². The molecule has 1 saturated carbocycles. The van der Waals surface area contributed by atoms with Crippen LogP contribution in [0.3, 0.4) is 0 Å². The van der Waals surface area contributed by atoms with Crippen LogP contribution in [0.5, 0.6) is 5.75 Å². The monoisotopic (exact) mass is 560 g/mol. The first-order valence-electron chi connectivity index (χ1n) is 12.2. The maximum atomic E-state index is 14.1. The highest BCUT2D eigenvalue weighted by atomic mass is 19.4. The summed E-state index contributed by atoms with van der Waals surface area (Å²) in [6.45, 7) is 2.19. The van der Waals surface area contributed by atoms with Gasteiger partial charge in [0.2, 0.25) is 5.92 Å². The number of pyridine rings is 1. The van der Waals surface area contributed by atoms with Crippen molar-refractivity contribution in [1.82, 2.24) is 14.7 Å². The highest BCUT2D eigenvalue weighted by Crippen LogP contribution is 2.49. The number of aryl methyl sites for hydroxylation is 1. The van der Waals surface area contributed by atoms with Crippen molar-refractivity contribution in [3.63, 3.8) is 0 Å². The number of carbonyl (C=O) groups excluding carboxylic acids is 1. The van der Waals surface area contributed by atoms with Gasteiger partial charge in [0.25, 0.3) is 5.91 Å². The summed E-state index contributed by atoms with van der Waals surface area (Å²) >= 11 is 0. The van der Waals surface area contributed by atoms with Crippen LogP contribution in [0.2, 0.25) is 0 Å². The second kappa shape index (κ2) is 10.3. The first kappa shape index (κ1) is 28.7. The van der Waals surface area contributed by atoms with Crippen molar-refractivity contribution >= 4 is 11.6 Å². The molecular formula is C26H27F7N4O2. The fraction of sp³-hybridized carbons (Fsp3) is 0.462. The van der Waals surface area contributed by atoms with Gasteiger partial charge >= 0.3 is 6.18 Å². The molecule has 3 aromatic rings. The number of amides is 1. The first-order chi connectivity index (χ1) is 18.1. The Hall–Kier alpha value is -3.35. The molecule has 1 amide bonds. The number of halogens is 7. The number of rotatable bonds is 9. The summed E-state index contributed by atoms with van der Waals surface area (Å²) in [6.07, 6.45) is -5.60. The molecule has 212 valence electrons. The summed E-state index contributed by atoms with van der Waals surface area (Å²) < 4.78 is 101. The molecule has 4 rings (SSSR count). The molecule has 1 fully saturated rings. The van der Waals surface area contributed by atoms with Crippen LogP contribution in [-0.4, -0.2) is 39.5 Å². The van der Waals surface area contributed by atoms with Gasteiger partial charge in [0.05, 0.1) is 11.3 Å². The SMILES string of the molecule is Cc1cc(OCc2c(F)cccc2F)c2nc(C3CC(F)(F)C3)c(C(=O)NCC(C)(N)CCC(F)(F)F)n2c1. The van der Waals surface area contributed by atoms with Crippen LogP contribution >= 0.6 is 0 Å². The third-order valence-corrected chi connectivity index (χ3v) is 6.61. The van der Waals surface area contributed by atoms with Gasteiger partial charge in [-0.05, 0) is 44.0 Å². The van der Waals surface area contributed by atoms with Crippen LogP contribution < -0.4 is 15.8 Å². The largest absolute Gasteiger partial charge is 0.485 e. The van der Waals surface area contributed by atoms with E-state index in [1.54, 1.807) is 6.92 Å². The summed E-state index contributed by atoms with van der Waals surface area (Å²) in [7, 11) is 0. The van der Waals surface area contributed by atoms with E-state index in [-0.39, 0.29) is 34.9 Å². The summed E-state index contributed by atoms with van der Waals surface area (Å²) in [5, 5.41) is 2.51. The average molecular weight is 561 g/mol. The molecule has 39 heavy (non-hydrogen) atoms. The number of ether oxygens (including phenoxy) is 1. The zero-order chi connectivity index (χ0) is 28.8. The Labute approximate surface area is 219 Å². The van der Waals surface area contributed by atoms with Gasteiger partial charge in [-0.2, -0.15) is 13.2 Å². The highest BCUT2D eigenvalue weighted by Gasteiger charge is 2.48. The molecule has 1 aliphatic carbocycles. The number of nitrogens with two attached hydrogens (primary N) is 1. The van der Waals surface area contributed by atoms with Gasteiger partial charge in [0.1, 0.15) is 23.9 Å². The molecular weight excluding hydrogens is 533 g/mol. The molecule has 0 spiro atoms. The number of imidazole rings is 1. The van der Waals surface area contributed by atoms with Gasteiger partial charge < -0.3 is 15.8 Å². The quantitative estimate of drug-likeness (QED) is 0.324. The third kappa shape index (κ3) is 6.63. The Morgan fingerprint density at radius 1 is 1.21 bits per heavy atom. The molecule has 2 heterocycles. The molecule has 3 N–H and O–H groups in total. The maximum Gasteiger partial charge on any atom is 0.389 e. The second-order valence-electron chi connectivity index (χ2n) is 10.3. The normalized spacial score (nSPS) is 17.1. The second-order valence-corrected chi connectivity index (χ2v) is 10.3. The van der Waals surface area contributed by atoms with E-state index in [2.05, 4.69) is 10.3 Å². The Kier molecular flexibility index (Phi) is 7.58. The van der Waals surface area contributed by atoms with Gasteiger partial charge in [-0.3, -0.25) is 9.20 Å². The minimum atomic E-state index is -4.42. The van der Waals surface area contributed by atoms with Gasteiger partial charge in [-0.25, -0.2) is 22.5 Å². The topological polar surface area (TPSA) is 81.6 Å². The van der Waals surface area contributed by atoms with E-state index in [0.29, 0.717) is 5.56 Å². The van der Waals surface area contributed by atoms with E-state index in [1.165, 1.54) is 29.7 Å². The number of carbonyl (C=O) groups is 1.